The monoisotopic (exact) mass is 213 g/mol. The molecule has 0 spiro atoms. The first-order valence-corrected chi connectivity index (χ1v) is 5.46. The van der Waals surface area contributed by atoms with Crippen LogP contribution in [0.3, 0.4) is 0 Å². The molecule has 2 aliphatic rings. The average molecular weight is 213 g/mol. The third-order valence-corrected chi connectivity index (χ3v) is 3.31. The summed E-state index contributed by atoms with van der Waals surface area (Å²) >= 11 is 0. The van der Waals surface area contributed by atoms with Crippen molar-refractivity contribution in [3.05, 3.63) is 0 Å². The van der Waals surface area contributed by atoms with Crippen molar-refractivity contribution < 1.29 is 9.53 Å². The van der Waals surface area contributed by atoms with E-state index in [2.05, 4.69) is 16.8 Å². The Morgan fingerprint density at radius 1 is 1.20 bits per heavy atom. The third kappa shape index (κ3) is 2.23. The maximum atomic E-state index is 11.3. The van der Waals surface area contributed by atoms with Gasteiger partial charge < -0.3 is 14.5 Å². The number of ether oxygens (including phenoxy) is 1. The number of hydrogen-bond acceptors (Lipinski definition) is 4. The van der Waals surface area contributed by atoms with E-state index in [0.29, 0.717) is 6.04 Å². The number of piperazine rings is 1. The molecule has 5 nitrogen and oxygen atoms in total. The molecule has 2 heterocycles. The highest BCUT2D eigenvalue weighted by atomic mass is 16.5. The summed E-state index contributed by atoms with van der Waals surface area (Å²) in [5.74, 6) is 0. The van der Waals surface area contributed by atoms with Crippen LogP contribution in [0.4, 0.5) is 4.79 Å². The van der Waals surface area contributed by atoms with Crippen LogP contribution in [0.25, 0.3) is 0 Å². The second kappa shape index (κ2) is 4.37. The zero-order chi connectivity index (χ0) is 10.8. The van der Waals surface area contributed by atoms with Crippen LogP contribution in [-0.4, -0.2) is 80.3 Å². The lowest BCUT2D eigenvalue weighted by molar-refractivity contribution is 0.0174. The quantitative estimate of drug-likeness (QED) is 0.598. The standard InChI is InChI=1S/C10H19N3O2/c1-11-7-9(8-11)12-3-5-13(6-4-12)10(14)15-2/h9H,3-8H2,1-2H3. The minimum absolute atomic E-state index is 0.194. The first-order valence-electron chi connectivity index (χ1n) is 5.46. The number of nitrogens with zero attached hydrogens (tertiary/aromatic N) is 3. The van der Waals surface area contributed by atoms with Gasteiger partial charge in [0.25, 0.3) is 0 Å². The highest BCUT2D eigenvalue weighted by molar-refractivity contribution is 5.67. The summed E-state index contributed by atoms with van der Waals surface area (Å²) in [6, 6.07) is 0.704. The predicted octanol–water partition coefficient (Wildman–Crippen LogP) is -0.316. The molecule has 0 bridgehead atoms. The van der Waals surface area contributed by atoms with Gasteiger partial charge in [0.15, 0.2) is 0 Å². The molecular formula is C10H19N3O2. The zero-order valence-electron chi connectivity index (χ0n) is 9.48. The number of carbonyl (C=O) groups excluding carboxylic acids is 1. The predicted molar refractivity (Wildman–Crippen MR) is 56.8 cm³/mol. The van der Waals surface area contributed by atoms with Crippen LogP contribution >= 0.6 is 0 Å². The van der Waals surface area contributed by atoms with Crippen molar-refractivity contribution in [2.75, 3.05) is 53.4 Å². The van der Waals surface area contributed by atoms with E-state index >= 15 is 0 Å². The van der Waals surface area contributed by atoms with Crippen molar-refractivity contribution in [2.24, 2.45) is 0 Å². The van der Waals surface area contributed by atoms with Gasteiger partial charge in [-0.3, -0.25) is 4.90 Å². The number of hydrogen-bond donors (Lipinski definition) is 0. The van der Waals surface area contributed by atoms with Gasteiger partial charge in [-0.05, 0) is 7.05 Å². The van der Waals surface area contributed by atoms with Crippen LogP contribution in [0.1, 0.15) is 0 Å². The molecule has 2 fully saturated rings. The summed E-state index contributed by atoms with van der Waals surface area (Å²) in [5, 5.41) is 0. The van der Waals surface area contributed by atoms with E-state index in [-0.39, 0.29) is 6.09 Å². The van der Waals surface area contributed by atoms with E-state index in [1.165, 1.54) is 7.11 Å². The molecule has 0 radical (unpaired) electrons. The maximum Gasteiger partial charge on any atom is 0.409 e. The molecule has 0 aliphatic carbocycles. The number of rotatable bonds is 1. The lowest BCUT2D eigenvalue weighted by Gasteiger charge is -2.46. The van der Waals surface area contributed by atoms with Crippen LogP contribution in [0, 0.1) is 0 Å². The van der Waals surface area contributed by atoms with Crippen LogP contribution in [0.2, 0.25) is 0 Å². The van der Waals surface area contributed by atoms with Crippen molar-refractivity contribution >= 4 is 6.09 Å². The first kappa shape index (κ1) is 10.7. The highest BCUT2D eigenvalue weighted by Gasteiger charge is 2.32. The second-order valence-electron chi connectivity index (χ2n) is 4.37. The number of carbonyl (C=O) groups is 1. The van der Waals surface area contributed by atoms with E-state index in [1.807, 2.05) is 0 Å². The highest BCUT2D eigenvalue weighted by Crippen LogP contribution is 2.15. The minimum atomic E-state index is -0.194. The van der Waals surface area contributed by atoms with Crippen molar-refractivity contribution in [3.63, 3.8) is 0 Å². The van der Waals surface area contributed by atoms with Gasteiger partial charge in [0.05, 0.1) is 7.11 Å². The molecule has 2 rings (SSSR count). The Morgan fingerprint density at radius 2 is 1.80 bits per heavy atom. The molecule has 1 amide bonds. The van der Waals surface area contributed by atoms with E-state index < -0.39 is 0 Å². The molecule has 86 valence electrons. The van der Waals surface area contributed by atoms with E-state index in [4.69, 9.17) is 4.74 Å². The van der Waals surface area contributed by atoms with Crippen molar-refractivity contribution in [3.8, 4) is 0 Å². The molecule has 2 aliphatic heterocycles. The Morgan fingerprint density at radius 3 is 2.27 bits per heavy atom. The lowest BCUT2D eigenvalue weighted by atomic mass is 10.1. The summed E-state index contributed by atoms with van der Waals surface area (Å²) in [5.41, 5.74) is 0. The molecule has 0 saturated carbocycles. The molecule has 5 heteroatoms. The van der Waals surface area contributed by atoms with Gasteiger partial charge in [0.1, 0.15) is 0 Å². The summed E-state index contributed by atoms with van der Waals surface area (Å²) in [4.78, 5) is 17.8. The van der Waals surface area contributed by atoms with E-state index in [1.54, 1.807) is 4.90 Å². The number of methoxy groups -OCH3 is 1. The zero-order valence-corrected chi connectivity index (χ0v) is 9.48. The van der Waals surface area contributed by atoms with Gasteiger partial charge in [-0.1, -0.05) is 0 Å². The number of likely N-dealkylation sites (N-methyl/N-ethyl adjacent to an activating group) is 1. The van der Waals surface area contributed by atoms with Gasteiger partial charge in [0.2, 0.25) is 0 Å². The Hall–Kier alpha value is -0.810. The number of likely N-dealkylation sites (tertiary alicyclic amines) is 1. The van der Waals surface area contributed by atoms with E-state index in [0.717, 1.165) is 39.3 Å². The lowest BCUT2D eigenvalue weighted by Crippen LogP contribution is -2.62. The molecule has 0 atom stereocenters. The SMILES string of the molecule is COC(=O)N1CCN(C2CN(C)C2)CC1. The normalized spacial score (nSPS) is 25.1. The summed E-state index contributed by atoms with van der Waals surface area (Å²) in [6.07, 6.45) is -0.194. The van der Waals surface area contributed by atoms with Gasteiger partial charge in [-0.2, -0.15) is 0 Å². The maximum absolute atomic E-state index is 11.3. The molecule has 2 saturated heterocycles. The largest absolute Gasteiger partial charge is 0.453 e. The van der Waals surface area contributed by atoms with Crippen molar-refractivity contribution in [1.29, 1.82) is 0 Å². The fraction of sp³-hybridized carbons (Fsp3) is 0.900. The van der Waals surface area contributed by atoms with Crippen LogP contribution < -0.4 is 0 Å². The fourth-order valence-corrected chi connectivity index (χ4v) is 2.30. The van der Waals surface area contributed by atoms with Crippen LogP contribution in [0.5, 0.6) is 0 Å². The summed E-state index contributed by atoms with van der Waals surface area (Å²) in [6.45, 7) is 5.89. The van der Waals surface area contributed by atoms with Crippen molar-refractivity contribution in [2.45, 2.75) is 6.04 Å². The van der Waals surface area contributed by atoms with Crippen molar-refractivity contribution in [1.82, 2.24) is 14.7 Å². The molecule has 0 aromatic heterocycles. The third-order valence-electron chi connectivity index (χ3n) is 3.31. The smallest absolute Gasteiger partial charge is 0.409 e. The van der Waals surface area contributed by atoms with Gasteiger partial charge in [-0.25, -0.2) is 4.79 Å². The van der Waals surface area contributed by atoms with Crippen LogP contribution in [0.15, 0.2) is 0 Å². The fourth-order valence-electron chi connectivity index (χ4n) is 2.30. The first-order chi connectivity index (χ1) is 7.20. The number of amides is 1. The molecular weight excluding hydrogens is 194 g/mol. The van der Waals surface area contributed by atoms with Crippen LogP contribution in [-0.2, 0) is 4.74 Å². The molecule has 0 aromatic rings. The average Bonchev–Trinajstić information content (AvgIpc) is 2.24. The Bertz CT molecular complexity index is 233. The Balaban J connectivity index is 1.75. The van der Waals surface area contributed by atoms with Gasteiger partial charge in [0, 0.05) is 45.3 Å². The summed E-state index contributed by atoms with van der Waals surface area (Å²) < 4.78 is 4.70. The topological polar surface area (TPSA) is 36.0 Å². The molecule has 0 N–H and O–H groups in total. The summed E-state index contributed by atoms with van der Waals surface area (Å²) in [7, 11) is 3.58. The Labute approximate surface area is 90.6 Å². The second-order valence-corrected chi connectivity index (χ2v) is 4.37. The molecule has 0 aromatic carbocycles. The molecule has 15 heavy (non-hydrogen) atoms. The van der Waals surface area contributed by atoms with Gasteiger partial charge in [-0.15, -0.1) is 0 Å². The van der Waals surface area contributed by atoms with E-state index in [9.17, 15) is 4.79 Å². The molecule has 0 unspecified atom stereocenters. The minimum Gasteiger partial charge on any atom is -0.453 e. The van der Waals surface area contributed by atoms with Gasteiger partial charge >= 0.3 is 6.09 Å². The Kier molecular flexibility index (Phi) is 3.11.